The molecule has 0 saturated heterocycles. The predicted octanol–water partition coefficient (Wildman–Crippen LogP) is 1.64. The molecule has 0 fully saturated rings. The molecular formula is C16H15N5O3. The van der Waals surface area contributed by atoms with Crippen LogP contribution in [0.5, 0.6) is 5.75 Å². The van der Waals surface area contributed by atoms with Gasteiger partial charge in [-0.1, -0.05) is 0 Å². The highest BCUT2D eigenvalue weighted by Crippen LogP contribution is 2.29. The second kappa shape index (κ2) is 8.79. The highest BCUT2D eigenvalue weighted by Gasteiger charge is 2.14. The minimum absolute atomic E-state index is 0.245. The first-order valence-electron chi connectivity index (χ1n) is 6.94. The van der Waals surface area contributed by atoms with Crippen LogP contribution in [0.15, 0.2) is 29.5 Å². The molecule has 8 nitrogen and oxygen atoms in total. The maximum atomic E-state index is 11.7. The van der Waals surface area contributed by atoms with Crippen molar-refractivity contribution in [2.45, 2.75) is 20.0 Å². The molecule has 0 aromatic heterocycles. The van der Waals surface area contributed by atoms with Crippen molar-refractivity contribution in [3.05, 3.63) is 29.5 Å². The van der Waals surface area contributed by atoms with E-state index in [4.69, 9.17) is 20.5 Å². The number of hydrogen-bond acceptors (Lipinski definition) is 7. The molecule has 1 aromatic rings. The zero-order valence-corrected chi connectivity index (χ0v) is 13.1. The SMILES string of the molecule is CCOc1ccc(NC(=O)C(C)O)c(NC(C#N)=C(C#N)C#N)c1. The topological polar surface area (TPSA) is 142 Å². The highest BCUT2D eigenvalue weighted by atomic mass is 16.5. The molecule has 0 bridgehead atoms. The van der Waals surface area contributed by atoms with Gasteiger partial charge in [-0.05, 0) is 26.0 Å². The van der Waals surface area contributed by atoms with Crippen LogP contribution in [0.4, 0.5) is 11.4 Å². The first kappa shape index (κ1) is 18.5. The molecule has 8 heteroatoms. The third-order valence-corrected chi connectivity index (χ3v) is 2.78. The third kappa shape index (κ3) is 4.74. The van der Waals surface area contributed by atoms with Crippen LogP contribution in [0.2, 0.25) is 0 Å². The van der Waals surface area contributed by atoms with Crippen LogP contribution in [0.3, 0.4) is 0 Å². The van der Waals surface area contributed by atoms with Crippen LogP contribution < -0.4 is 15.4 Å². The second-order valence-electron chi connectivity index (χ2n) is 4.52. The van der Waals surface area contributed by atoms with Crippen molar-refractivity contribution in [3.63, 3.8) is 0 Å². The Morgan fingerprint density at radius 3 is 2.38 bits per heavy atom. The average molecular weight is 325 g/mol. The minimum atomic E-state index is -1.23. The maximum absolute atomic E-state index is 11.7. The van der Waals surface area contributed by atoms with Crippen LogP contribution in [-0.4, -0.2) is 23.7 Å². The summed E-state index contributed by atoms with van der Waals surface area (Å²) in [5.74, 6) is -0.187. The van der Waals surface area contributed by atoms with Gasteiger partial charge in [-0.25, -0.2) is 0 Å². The van der Waals surface area contributed by atoms with Gasteiger partial charge in [0.05, 0.1) is 18.0 Å². The quantitative estimate of drug-likeness (QED) is 0.675. The van der Waals surface area contributed by atoms with Crippen LogP contribution >= 0.6 is 0 Å². The Morgan fingerprint density at radius 2 is 1.88 bits per heavy atom. The van der Waals surface area contributed by atoms with Crippen molar-refractivity contribution in [2.24, 2.45) is 0 Å². The van der Waals surface area contributed by atoms with E-state index in [-0.39, 0.29) is 17.1 Å². The fourth-order valence-corrected chi connectivity index (χ4v) is 1.65. The maximum Gasteiger partial charge on any atom is 0.252 e. The molecular weight excluding hydrogens is 310 g/mol. The monoisotopic (exact) mass is 325 g/mol. The average Bonchev–Trinajstić information content (AvgIpc) is 2.57. The van der Waals surface area contributed by atoms with E-state index >= 15 is 0 Å². The predicted molar refractivity (Wildman–Crippen MR) is 85.4 cm³/mol. The number of carbonyl (C=O) groups is 1. The summed E-state index contributed by atoms with van der Waals surface area (Å²) < 4.78 is 5.35. The third-order valence-electron chi connectivity index (χ3n) is 2.78. The van der Waals surface area contributed by atoms with E-state index in [9.17, 15) is 9.90 Å². The minimum Gasteiger partial charge on any atom is -0.494 e. The summed E-state index contributed by atoms with van der Waals surface area (Å²) in [5, 5.41) is 41.3. The van der Waals surface area contributed by atoms with Gasteiger partial charge in [0.2, 0.25) is 0 Å². The zero-order valence-electron chi connectivity index (χ0n) is 13.1. The smallest absolute Gasteiger partial charge is 0.252 e. The molecule has 0 aliphatic heterocycles. The number of carbonyl (C=O) groups excluding carboxylic acids is 1. The Bertz CT molecular complexity index is 762. The second-order valence-corrected chi connectivity index (χ2v) is 4.52. The zero-order chi connectivity index (χ0) is 18.1. The summed E-state index contributed by atoms with van der Waals surface area (Å²) >= 11 is 0. The van der Waals surface area contributed by atoms with Crippen molar-refractivity contribution in [3.8, 4) is 24.0 Å². The molecule has 1 aromatic carbocycles. The van der Waals surface area contributed by atoms with E-state index in [0.29, 0.717) is 12.4 Å². The number of anilines is 2. The van der Waals surface area contributed by atoms with E-state index in [1.54, 1.807) is 31.2 Å². The Hall–Kier alpha value is -3.54. The Balaban J connectivity index is 3.31. The molecule has 1 unspecified atom stereocenters. The lowest BCUT2D eigenvalue weighted by Gasteiger charge is -2.15. The summed E-state index contributed by atoms with van der Waals surface area (Å²) in [7, 11) is 0. The largest absolute Gasteiger partial charge is 0.494 e. The molecule has 0 spiro atoms. The van der Waals surface area contributed by atoms with Crippen LogP contribution in [-0.2, 0) is 4.79 Å². The molecule has 24 heavy (non-hydrogen) atoms. The Morgan fingerprint density at radius 1 is 1.21 bits per heavy atom. The summed E-state index contributed by atoms with van der Waals surface area (Å²) in [6.45, 7) is 3.50. The Labute approximate surface area is 139 Å². The lowest BCUT2D eigenvalue weighted by atomic mass is 10.2. The summed E-state index contributed by atoms with van der Waals surface area (Å²) in [4.78, 5) is 11.7. The van der Waals surface area contributed by atoms with Crippen molar-refractivity contribution < 1.29 is 14.6 Å². The van der Waals surface area contributed by atoms with Gasteiger partial charge in [0.25, 0.3) is 5.91 Å². The van der Waals surface area contributed by atoms with Gasteiger partial charge in [-0.15, -0.1) is 0 Å². The van der Waals surface area contributed by atoms with E-state index in [1.165, 1.54) is 19.1 Å². The molecule has 1 rings (SSSR count). The molecule has 0 aliphatic rings. The lowest BCUT2D eigenvalue weighted by molar-refractivity contribution is -0.123. The van der Waals surface area contributed by atoms with Gasteiger partial charge in [0, 0.05) is 6.07 Å². The normalized spacial score (nSPS) is 10.3. The van der Waals surface area contributed by atoms with Gasteiger partial charge in [0.15, 0.2) is 5.57 Å². The number of allylic oxidation sites excluding steroid dienone is 2. The summed E-state index contributed by atoms with van der Waals surface area (Å²) in [6, 6.07) is 9.57. The molecule has 122 valence electrons. The van der Waals surface area contributed by atoms with E-state index in [0.717, 1.165) is 0 Å². The van der Waals surface area contributed by atoms with E-state index < -0.39 is 17.6 Å². The van der Waals surface area contributed by atoms with Crippen molar-refractivity contribution in [2.75, 3.05) is 17.2 Å². The first-order chi connectivity index (χ1) is 11.5. The number of nitrogens with zero attached hydrogens (tertiary/aromatic N) is 3. The van der Waals surface area contributed by atoms with E-state index in [2.05, 4.69) is 10.6 Å². The van der Waals surface area contributed by atoms with Gasteiger partial charge in [-0.2, -0.15) is 15.8 Å². The van der Waals surface area contributed by atoms with Gasteiger partial charge in [-0.3, -0.25) is 4.79 Å². The first-order valence-corrected chi connectivity index (χ1v) is 6.94. The lowest BCUT2D eigenvalue weighted by Crippen LogP contribution is -2.25. The van der Waals surface area contributed by atoms with Crippen LogP contribution in [0.1, 0.15) is 13.8 Å². The summed E-state index contributed by atoms with van der Waals surface area (Å²) in [6.07, 6.45) is -1.23. The molecule has 0 saturated carbocycles. The number of benzene rings is 1. The van der Waals surface area contributed by atoms with E-state index in [1.807, 2.05) is 0 Å². The number of hydrogen-bond donors (Lipinski definition) is 3. The van der Waals surface area contributed by atoms with Crippen molar-refractivity contribution in [1.29, 1.82) is 15.8 Å². The van der Waals surface area contributed by atoms with Gasteiger partial charge < -0.3 is 20.5 Å². The van der Waals surface area contributed by atoms with Gasteiger partial charge in [0.1, 0.15) is 35.8 Å². The standard InChI is InChI=1S/C16H15N5O3/c1-3-24-12-4-5-13(21-16(23)10(2)22)14(6-12)20-15(9-19)11(7-17)8-18/h4-6,10,20,22H,3H2,1-2H3,(H,21,23). The molecule has 3 N–H and O–H groups in total. The molecule has 1 amide bonds. The fourth-order valence-electron chi connectivity index (χ4n) is 1.65. The number of aliphatic hydroxyl groups excluding tert-OH is 1. The van der Waals surface area contributed by atoms with Crippen molar-refractivity contribution >= 4 is 17.3 Å². The number of aliphatic hydroxyl groups is 1. The fraction of sp³-hybridized carbons (Fsp3) is 0.250. The number of nitriles is 3. The molecule has 0 radical (unpaired) electrons. The molecule has 1 atom stereocenters. The molecule has 0 heterocycles. The number of rotatable bonds is 6. The number of ether oxygens (including phenoxy) is 1. The Kier molecular flexibility index (Phi) is 6.78. The van der Waals surface area contributed by atoms with Crippen LogP contribution in [0, 0.1) is 34.0 Å². The van der Waals surface area contributed by atoms with Crippen molar-refractivity contribution in [1.82, 2.24) is 0 Å². The molecule has 0 aliphatic carbocycles. The number of amides is 1. The van der Waals surface area contributed by atoms with Crippen LogP contribution in [0.25, 0.3) is 0 Å². The summed E-state index contributed by atoms with van der Waals surface area (Å²) in [5.41, 5.74) is -0.157. The number of nitrogens with one attached hydrogen (secondary N) is 2. The van der Waals surface area contributed by atoms with Gasteiger partial charge >= 0.3 is 0 Å². The highest BCUT2D eigenvalue weighted by molar-refractivity contribution is 5.97.